The Morgan fingerprint density at radius 1 is 1.23 bits per heavy atom. The van der Waals surface area contributed by atoms with Crippen LogP contribution in [0, 0.1) is 0 Å². The smallest absolute Gasteiger partial charge is 0.292 e. The van der Waals surface area contributed by atoms with Gasteiger partial charge in [-0.05, 0) is 24.7 Å². The van der Waals surface area contributed by atoms with Crippen LogP contribution < -0.4 is 11.1 Å². The number of nitrogens with zero attached hydrogens (tertiary/aromatic N) is 5. The first-order valence-corrected chi connectivity index (χ1v) is 10.1. The van der Waals surface area contributed by atoms with Crippen molar-refractivity contribution in [3.05, 3.63) is 47.6 Å². The highest BCUT2D eigenvalue weighted by atomic mass is 35.5. The van der Waals surface area contributed by atoms with Gasteiger partial charge in [-0.15, -0.1) is 0 Å². The number of amides is 1. The summed E-state index contributed by atoms with van der Waals surface area (Å²) in [5.41, 5.74) is 7.84. The molecule has 1 aromatic carbocycles. The van der Waals surface area contributed by atoms with Crippen molar-refractivity contribution in [2.45, 2.75) is 6.54 Å². The Kier molecular flexibility index (Phi) is 6.03. The predicted molar refractivity (Wildman–Crippen MR) is 115 cm³/mol. The highest BCUT2D eigenvalue weighted by molar-refractivity contribution is 6.34. The number of hydrogen-bond donors (Lipinski definition) is 2. The van der Waals surface area contributed by atoms with Crippen LogP contribution in [0.2, 0.25) is 5.02 Å². The van der Waals surface area contributed by atoms with Crippen LogP contribution in [-0.4, -0.2) is 70.2 Å². The first-order valence-electron chi connectivity index (χ1n) is 9.73. The van der Waals surface area contributed by atoms with Gasteiger partial charge in [0, 0.05) is 44.5 Å². The Bertz CT molecular complexity index is 1020. The SMILES string of the molecule is CN1CCN(CCn2cc(-c3ccc(Cl)c(NC(=O)c4coc(N)n4)c3)cn2)CC1. The lowest BCUT2D eigenvalue weighted by atomic mass is 10.1. The number of likely N-dealkylation sites (N-methyl/N-ethyl adjacent to an activating group) is 1. The molecule has 1 aliphatic rings. The number of anilines is 2. The quantitative estimate of drug-likeness (QED) is 0.619. The fourth-order valence-corrected chi connectivity index (χ4v) is 3.49. The second-order valence-electron chi connectivity index (χ2n) is 7.36. The van der Waals surface area contributed by atoms with Gasteiger partial charge in [-0.3, -0.25) is 14.4 Å². The Labute approximate surface area is 179 Å². The average Bonchev–Trinajstić information content (AvgIpc) is 3.38. The van der Waals surface area contributed by atoms with Gasteiger partial charge >= 0.3 is 0 Å². The molecule has 1 aliphatic heterocycles. The van der Waals surface area contributed by atoms with E-state index in [4.69, 9.17) is 21.8 Å². The highest BCUT2D eigenvalue weighted by Gasteiger charge is 2.15. The number of hydrogen-bond acceptors (Lipinski definition) is 7. The molecule has 0 bridgehead atoms. The predicted octanol–water partition coefficient (Wildman–Crippen LogP) is 2.27. The minimum Gasteiger partial charge on any atom is -0.431 e. The van der Waals surface area contributed by atoms with Crippen molar-refractivity contribution in [1.82, 2.24) is 24.6 Å². The number of carbonyl (C=O) groups excluding carboxylic acids is 1. The molecule has 0 atom stereocenters. The fraction of sp³-hybridized carbons (Fsp3) is 0.350. The molecule has 0 aliphatic carbocycles. The number of rotatable bonds is 6. The first-order chi connectivity index (χ1) is 14.5. The first kappa shape index (κ1) is 20.4. The summed E-state index contributed by atoms with van der Waals surface area (Å²) in [6.45, 7) is 6.17. The molecule has 2 aromatic heterocycles. The van der Waals surface area contributed by atoms with Gasteiger partial charge < -0.3 is 20.4 Å². The summed E-state index contributed by atoms with van der Waals surface area (Å²) in [6.07, 6.45) is 5.02. The summed E-state index contributed by atoms with van der Waals surface area (Å²) in [7, 11) is 2.15. The van der Waals surface area contributed by atoms with Crippen molar-refractivity contribution in [2.75, 3.05) is 50.8 Å². The molecule has 0 saturated carbocycles. The zero-order chi connectivity index (χ0) is 21.1. The maximum Gasteiger partial charge on any atom is 0.292 e. The molecule has 10 heteroatoms. The Morgan fingerprint density at radius 3 is 2.77 bits per heavy atom. The third-order valence-electron chi connectivity index (χ3n) is 5.18. The van der Waals surface area contributed by atoms with Crippen LogP contribution in [0.3, 0.4) is 0 Å². The molecule has 1 saturated heterocycles. The fourth-order valence-electron chi connectivity index (χ4n) is 3.33. The number of aromatic nitrogens is 3. The molecule has 158 valence electrons. The summed E-state index contributed by atoms with van der Waals surface area (Å²) in [5, 5.41) is 7.64. The zero-order valence-corrected chi connectivity index (χ0v) is 17.5. The van der Waals surface area contributed by atoms with Gasteiger partial charge in [-0.2, -0.15) is 10.1 Å². The van der Waals surface area contributed by atoms with E-state index in [-0.39, 0.29) is 11.7 Å². The van der Waals surface area contributed by atoms with Gasteiger partial charge in [-0.25, -0.2) is 0 Å². The average molecular weight is 430 g/mol. The number of piperazine rings is 1. The summed E-state index contributed by atoms with van der Waals surface area (Å²) < 4.78 is 6.82. The monoisotopic (exact) mass is 429 g/mol. The third-order valence-corrected chi connectivity index (χ3v) is 5.51. The van der Waals surface area contributed by atoms with Gasteiger partial charge in [0.25, 0.3) is 11.9 Å². The Hall–Kier alpha value is -2.88. The molecule has 1 fully saturated rings. The summed E-state index contributed by atoms with van der Waals surface area (Å²) >= 11 is 6.26. The Morgan fingerprint density at radius 2 is 2.03 bits per heavy atom. The van der Waals surface area contributed by atoms with Crippen LogP contribution in [0.15, 0.2) is 41.3 Å². The molecule has 4 rings (SSSR count). The summed E-state index contributed by atoms with van der Waals surface area (Å²) in [6, 6.07) is 5.38. The van der Waals surface area contributed by atoms with E-state index < -0.39 is 5.91 Å². The number of benzene rings is 1. The molecule has 0 unspecified atom stereocenters. The van der Waals surface area contributed by atoms with E-state index in [1.165, 1.54) is 6.26 Å². The normalized spacial score (nSPS) is 15.4. The number of oxazole rings is 1. The second kappa shape index (κ2) is 8.86. The van der Waals surface area contributed by atoms with E-state index in [1.807, 2.05) is 29.2 Å². The molecule has 0 radical (unpaired) electrons. The van der Waals surface area contributed by atoms with Crippen LogP contribution >= 0.6 is 11.6 Å². The van der Waals surface area contributed by atoms with Crippen molar-refractivity contribution < 1.29 is 9.21 Å². The van der Waals surface area contributed by atoms with Crippen LogP contribution in [0.1, 0.15) is 10.5 Å². The van der Waals surface area contributed by atoms with E-state index in [9.17, 15) is 4.79 Å². The number of nitrogens with one attached hydrogen (secondary N) is 1. The maximum absolute atomic E-state index is 12.3. The largest absolute Gasteiger partial charge is 0.431 e. The lowest BCUT2D eigenvalue weighted by molar-refractivity contribution is 0.102. The maximum atomic E-state index is 12.3. The third kappa shape index (κ3) is 4.81. The van der Waals surface area contributed by atoms with E-state index in [2.05, 4.69) is 32.2 Å². The molecular formula is C20H24ClN7O2. The molecule has 3 N–H and O–H groups in total. The topological polar surface area (TPSA) is 105 Å². The van der Waals surface area contributed by atoms with Crippen molar-refractivity contribution >= 4 is 29.2 Å². The van der Waals surface area contributed by atoms with Gasteiger partial charge in [0.15, 0.2) is 5.69 Å². The van der Waals surface area contributed by atoms with E-state index in [0.29, 0.717) is 10.7 Å². The van der Waals surface area contributed by atoms with Gasteiger partial charge in [-0.1, -0.05) is 17.7 Å². The van der Waals surface area contributed by atoms with E-state index >= 15 is 0 Å². The molecule has 9 nitrogen and oxygen atoms in total. The van der Waals surface area contributed by atoms with Gasteiger partial charge in [0.05, 0.1) is 23.5 Å². The molecule has 1 amide bonds. The second-order valence-corrected chi connectivity index (χ2v) is 7.76. The van der Waals surface area contributed by atoms with Gasteiger partial charge in [0.2, 0.25) is 0 Å². The molecule has 3 aromatic rings. The van der Waals surface area contributed by atoms with Crippen LogP contribution in [0.5, 0.6) is 0 Å². The summed E-state index contributed by atoms with van der Waals surface area (Å²) in [4.78, 5) is 20.9. The van der Waals surface area contributed by atoms with E-state index in [0.717, 1.165) is 50.4 Å². The minimum absolute atomic E-state index is 0.0658. The highest BCUT2D eigenvalue weighted by Crippen LogP contribution is 2.29. The standard InChI is InChI=1S/C20H24ClN7O2/c1-26-4-6-27(7-5-26)8-9-28-12-15(11-23-28)14-2-3-16(21)17(10-14)24-19(29)18-13-30-20(22)25-18/h2-3,10-13H,4-9H2,1H3,(H2,22,25)(H,24,29). The van der Waals surface area contributed by atoms with Crippen molar-refractivity contribution in [1.29, 1.82) is 0 Å². The summed E-state index contributed by atoms with van der Waals surface area (Å²) in [5.74, 6) is -0.447. The lowest BCUT2D eigenvalue weighted by Gasteiger charge is -2.32. The van der Waals surface area contributed by atoms with Crippen LogP contribution in [0.25, 0.3) is 11.1 Å². The number of nitrogens with two attached hydrogens (primary N) is 1. The van der Waals surface area contributed by atoms with Crippen molar-refractivity contribution in [3.8, 4) is 11.1 Å². The van der Waals surface area contributed by atoms with Crippen LogP contribution in [-0.2, 0) is 6.54 Å². The van der Waals surface area contributed by atoms with E-state index in [1.54, 1.807) is 6.07 Å². The van der Waals surface area contributed by atoms with Crippen LogP contribution in [0.4, 0.5) is 11.7 Å². The molecule has 0 spiro atoms. The van der Waals surface area contributed by atoms with Crippen molar-refractivity contribution in [2.24, 2.45) is 0 Å². The molecule has 3 heterocycles. The van der Waals surface area contributed by atoms with Crippen molar-refractivity contribution in [3.63, 3.8) is 0 Å². The number of halogens is 1. The zero-order valence-electron chi connectivity index (χ0n) is 16.7. The number of carbonyl (C=O) groups is 1. The van der Waals surface area contributed by atoms with Gasteiger partial charge in [0.1, 0.15) is 6.26 Å². The lowest BCUT2D eigenvalue weighted by Crippen LogP contribution is -2.45. The Balaban J connectivity index is 1.42. The number of nitrogen functional groups attached to an aromatic ring is 1. The minimum atomic E-state index is -0.447. The molecule has 30 heavy (non-hydrogen) atoms. The molecular weight excluding hydrogens is 406 g/mol.